The first-order valence-corrected chi connectivity index (χ1v) is 12.3. The van der Waals surface area contributed by atoms with Crippen molar-refractivity contribution in [3.8, 4) is 0 Å². The number of nitrogen functional groups attached to an aromatic ring is 2. The average molecular weight is 523 g/mol. The van der Waals surface area contributed by atoms with Gasteiger partial charge in [-0.15, -0.1) is 0 Å². The molecule has 1 atom stereocenters. The van der Waals surface area contributed by atoms with Gasteiger partial charge in [-0.1, -0.05) is 0 Å². The Labute approximate surface area is 218 Å². The Morgan fingerprint density at radius 1 is 1.11 bits per heavy atom. The summed E-state index contributed by atoms with van der Waals surface area (Å²) in [6.45, 7) is 4.98. The van der Waals surface area contributed by atoms with Crippen molar-refractivity contribution in [3.63, 3.8) is 0 Å². The molecule has 13 nitrogen and oxygen atoms in total. The molecule has 1 aliphatic heterocycles. The van der Waals surface area contributed by atoms with Crippen LogP contribution < -0.4 is 21.7 Å². The van der Waals surface area contributed by atoms with Gasteiger partial charge >= 0.3 is 11.9 Å². The number of rotatable bonds is 10. The molecule has 200 valence electrons. The van der Waals surface area contributed by atoms with Crippen LogP contribution in [-0.4, -0.2) is 63.6 Å². The molecule has 13 heteroatoms. The van der Waals surface area contributed by atoms with Crippen LogP contribution in [0.25, 0.3) is 11.2 Å². The minimum atomic E-state index is -0.963. The van der Waals surface area contributed by atoms with Crippen molar-refractivity contribution in [2.75, 3.05) is 36.1 Å². The first kappa shape index (κ1) is 26.5. The molecule has 1 amide bonds. The van der Waals surface area contributed by atoms with E-state index in [2.05, 4.69) is 30.2 Å². The van der Waals surface area contributed by atoms with Crippen LogP contribution in [0.4, 0.5) is 17.5 Å². The minimum absolute atomic E-state index is 0.0143. The van der Waals surface area contributed by atoms with Crippen molar-refractivity contribution in [1.82, 2.24) is 25.3 Å². The molecule has 0 radical (unpaired) electrons. The smallest absolute Gasteiger partial charge is 0.328 e. The van der Waals surface area contributed by atoms with E-state index in [4.69, 9.17) is 20.9 Å². The number of fused-ring (bicyclic) bond motifs is 2. The van der Waals surface area contributed by atoms with Gasteiger partial charge in [0.2, 0.25) is 5.95 Å². The van der Waals surface area contributed by atoms with E-state index in [0.717, 1.165) is 24.2 Å². The number of carbonyl (C=O) groups is 3. The third kappa shape index (κ3) is 6.05. The Balaban J connectivity index is 1.45. The lowest BCUT2D eigenvalue weighted by atomic mass is 10.1. The van der Waals surface area contributed by atoms with E-state index >= 15 is 0 Å². The molecule has 0 bridgehead atoms. The highest BCUT2D eigenvalue weighted by atomic mass is 16.5. The Morgan fingerprint density at radius 3 is 2.66 bits per heavy atom. The van der Waals surface area contributed by atoms with Crippen molar-refractivity contribution >= 4 is 46.5 Å². The first-order valence-electron chi connectivity index (χ1n) is 12.3. The average Bonchev–Trinajstić information content (AvgIpc) is 3.28. The van der Waals surface area contributed by atoms with Crippen molar-refractivity contribution in [3.05, 3.63) is 41.2 Å². The maximum Gasteiger partial charge on any atom is 0.328 e. The molecule has 0 spiro atoms. The van der Waals surface area contributed by atoms with Gasteiger partial charge in [0.1, 0.15) is 6.04 Å². The molecular formula is C25H30N8O5. The number of aromatic nitrogens is 4. The van der Waals surface area contributed by atoms with Gasteiger partial charge in [0, 0.05) is 24.2 Å². The lowest BCUT2D eigenvalue weighted by Crippen LogP contribution is -2.42. The number of nitrogens with one attached hydrogen (secondary N) is 1. The molecule has 3 heterocycles. The van der Waals surface area contributed by atoms with Crippen LogP contribution in [0.1, 0.15) is 48.3 Å². The fraction of sp³-hybridized carbons (Fsp3) is 0.400. The van der Waals surface area contributed by atoms with Crippen molar-refractivity contribution in [2.24, 2.45) is 0 Å². The van der Waals surface area contributed by atoms with Gasteiger partial charge in [-0.25, -0.2) is 14.8 Å². The number of hydrogen-bond acceptors (Lipinski definition) is 12. The van der Waals surface area contributed by atoms with Crippen molar-refractivity contribution < 1.29 is 23.9 Å². The highest BCUT2D eigenvalue weighted by Gasteiger charge is 2.26. The van der Waals surface area contributed by atoms with Gasteiger partial charge < -0.3 is 31.2 Å². The number of benzene rings is 1. The Bertz CT molecular complexity index is 1370. The van der Waals surface area contributed by atoms with Crippen LogP contribution in [0.2, 0.25) is 0 Å². The Morgan fingerprint density at radius 2 is 1.89 bits per heavy atom. The van der Waals surface area contributed by atoms with E-state index in [1.165, 1.54) is 0 Å². The fourth-order valence-corrected chi connectivity index (χ4v) is 4.26. The van der Waals surface area contributed by atoms with Crippen LogP contribution in [0.5, 0.6) is 0 Å². The molecule has 0 aliphatic carbocycles. The summed E-state index contributed by atoms with van der Waals surface area (Å²) in [5.74, 6) is -1.25. The van der Waals surface area contributed by atoms with E-state index in [0.29, 0.717) is 29.0 Å². The van der Waals surface area contributed by atoms with Crippen LogP contribution in [0.3, 0.4) is 0 Å². The van der Waals surface area contributed by atoms with Crippen LogP contribution >= 0.6 is 0 Å². The van der Waals surface area contributed by atoms with Gasteiger partial charge in [-0.05, 0) is 50.5 Å². The topological polar surface area (TPSA) is 189 Å². The number of anilines is 3. The molecule has 0 saturated heterocycles. The summed E-state index contributed by atoms with van der Waals surface area (Å²) >= 11 is 0. The second-order valence-electron chi connectivity index (χ2n) is 8.64. The monoisotopic (exact) mass is 522 g/mol. The molecule has 38 heavy (non-hydrogen) atoms. The summed E-state index contributed by atoms with van der Waals surface area (Å²) in [4.78, 5) is 56.1. The quantitative estimate of drug-likeness (QED) is 0.323. The fourth-order valence-electron chi connectivity index (χ4n) is 4.26. The largest absolute Gasteiger partial charge is 0.466 e. The van der Waals surface area contributed by atoms with Crippen molar-refractivity contribution in [2.45, 2.75) is 45.7 Å². The van der Waals surface area contributed by atoms with Gasteiger partial charge in [0.15, 0.2) is 17.0 Å². The maximum atomic E-state index is 13.0. The molecular weight excluding hydrogens is 492 g/mol. The number of amides is 1. The SMILES string of the molecule is CCOC(=O)CC[C@H](NC(=O)c1ccc2c(c1)CCN2Cc1cnc2nc(N)nc(N)c2n1)C(=O)OCC. The maximum absolute atomic E-state index is 13.0. The lowest BCUT2D eigenvalue weighted by Gasteiger charge is -2.20. The summed E-state index contributed by atoms with van der Waals surface area (Å²) < 4.78 is 9.99. The number of hydrogen-bond donors (Lipinski definition) is 3. The van der Waals surface area contributed by atoms with Crippen LogP contribution in [-0.2, 0) is 32.0 Å². The molecule has 4 rings (SSSR count). The molecule has 3 aromatic rings. The van der Waals surface area contributed by atoms with E-state index in [9.17, 15) is 14.4 Å². The highest BCUT2D eigenvalue weighted by Crippen LogP contribution is 2.30. The summed E-state index contributed by atoms with van der Waals surface area (Å²) in [6.07, 6.45) is 2.42. The van der Waals surface area contributed by atoms with Crippen molar-refractivity contribution in [1.29, 1.82) is 0 Å². The molecule has 0 fully saturated rings. The zero-order chi connectivity index (χ0) is 27.2. The van der Waals surface area contributed by atoms with E-state index in [1.807, 2.05) is 6.07 Å². The number of esters is 2. The Kier molecular flexibility index (Phi) is 8.14. The van der Waals surface area contributed by atoms with E-state index in [-0.39, 0.29) is 37.8 Å². The number of nitrogens with zero attached hydrogens (tertiary/aromatic N) is 5. The Hall–Kier alpha value is -4.55. The molecule has 5 N–H and O–H groups in total. The summed E-state index contributed by atoms with van der Waals surface area (Å²) in [5, 5.41) is 2.70. The second-order valence-corrected chi connectivity index (χ2v) is 8.64. The number of nitrogens with two attached hydrogens (primary N) is 2. The standard InChI is InChI=1S/C25H30N8O5/c1-3-37-19(34)8-6-17(24(36)38-4-2)30-23(35)15-5-7-18-14(11-15)9-10-33(18)13-16-12-28-22-20(29-16)21(26)31-25(27)32-22/h5,7,11-12,17H,3-4,6,8-10,13H2,1-2H3,(H,30,35)(H4,26,27,28,31,32)/t17-/m0/s1. The zero-order valence-electron chi connectivity index (χ0n) is 21.3. The van der Waals surface area contributed by atoms with Gasteiger partial charge in [0.05, 0.1) is 31.6 Å². The lowest BCUT2D eigenvalue weighted by molar-refractivity contribution is -0.146. The highest BCUT2D eigenvalue weighted by molar-refractivity contribution is 5.97. The third-order valence-corrected chi connectivity index (χ3v) is 6.01. The summed E-state index contributed by atoms with van der Waals surface area (Å²) in [5.41, 5.74) is 15.3. The third-order valence-electron chi connectivity index (χ3n) is 6.01. The van der Waals surface area contributed by atoms with Gasteiger partial charge in [-0.3, -0.25) is 9.59 Å². The van der Waals surface area contributed by atoms with Gasteiger partial charge in [0.25, 0.3) is 5.91 Å². The van der Waals surface area contributed by atoms with Crippen LogP contribution in [0.15, 0.2) is 24.4 Å². The minimum Gasteiger partial charge on any atom is -0.466 e. The zero-order valence-corrected chi connectivity index (χ0v) is 21.3. The molecule has 2 aromatic heterocycles. The summed E-state index contributed by atoms with van der Waals surface area (Å²) in [7, 11) is 0. The summed E-state index contributed by atoms with van der Waals surface area (Å²) in [6, 6.07) is 4.40. The van der Waals surface area contributed by atoms with Crippen LogP contribution in [0, 0.1) is 0 Å². The van der Waals surface area contributed by atoms with E-state index < -0.39 is 23.9 Å². The number of ether oxygens (including phenoxy) is 2. The first-order chi connectivity index (χ1) is 18.3. The molecule has 1 aromatic carbocycles. The molecule has 0 saturated carbocycles. The van der Waals surface area contributed by atoms with Gasteiger partial charge in [-0.2, -0.15) is 9.97 Å². The second kappa shape index (κ2) is 11.7. The predicted molar refractivity (Wildman–Crippen MR) is 139 cm³/mol. The van der Waals surface area contributed by atoms with E-state index in [1.54, 1.807) is 32.2 Å². The number of carbonyl (C=O) groups excluding carboxylic acids is 3. The normalized spacial score (nSPS) is 13.2. The molecule has 1 aliphatic rings. The molecule has 0 unspecified atom stereocenters. The predicted octanol–water partition coefficient (Wildman–Crippen LogP) is 1.15.